The molecule has 1 aromatic carbocycles. The molecule has 23 heavy (non-hydrogen) atoms. The monoisotopic (exact) mass is 326 g/mol. The molecule has 0 aromatic heterocycles. The van der Waals surface area contributed by atoms with Gasteiger partial charge in [0.05, 0.1) is 6.54 Å². The lowest BCUT2D eigenvalue weighted by Crippen LogP contribution is -2.47. The van der Waals surface area contributed by atoms with Gasteiger partial charge in [0.15, 0.2) is 0 Å². The zero-order valence-electron chi connectivity index (χ0n) is 13.6. The number of likely N-dealkylation sites (tertiary alicyclic amines) is 1. The molecule has 0 aliphatic carbocycles. The summed E-state index contributed by atoms with van der Waals surface area (Å²) in [4.78, 5) is 15.1. The standard InChI is InChI=1S/C17H24F2N2O2/c1-3-20(11-17(22)23)14-6-8-21(9-7-14)12(2)15-5-4-13(18)10-16(15)19/h4-5,10,12,14H,3,6-9,11H2,1-2H3,(H,22,23). The maximum absolute atomic E-state index is 13.9. The lowest BCUT2D eigenvalue weighted by Gasteiger charge is -2.40. The Morgan fingerprint density at radius 2 is 2.04 bits per heavy atom. The molecule has 0 spiro atoms. The Morgan fingerprint density at radius 3 is 2.57 bits per heavy atom. The van der Waals surface area contributed by atoms with Crippen LogP contribution in [0.25, 0.3) is 0 Å². The fourth-order valence-electron chi connectivity index (χ4n) is 3.35. The number of halogens is 2. The molecule has 1 fully saturated rings. The topological polar surface area (TPSA) is 43.8 Å². The van der Waals surface area contributed by atoms with Crippen LogP contribution in [0, 0.1) is 11.6 Å². The first-order valence-electron chi connectivity index (χ1n) is 8.07. The van der Waals surface area contributed by atoms with Crippen molar-refractivity contribution >= 4 is 5.97 Å². The first kappa shape index (κ1) is 17.8. The van der Waals surface area contributed by atoms with E-state index in [1.165, 1.54) is 12.1 Å². The Balaban J connectivity index is 1.96. The molecular weight excluding hydrogens is 302 g/mol. The molecule has 1 aromatic rings. The van der Waals surface area contributed by atoms with E-state index in [9.17, 15) is 13.6 Å². The molecule has 128 valence electrons. The van der Waals surface area contributed by atoms with Gasteiger partial charge in [0.1, 0.15) is 11.6 Å². The van der Waals surface area contributed by atoms with Gasteiger partial charge in [-0.3, -0.25) is 14.6 Å². The van der Waals surface area contributed by atoms with E-state index in [4.69, 9.17) is 5.11 Å². The van der Waals surface area contributed by atoms with Crippen LogP contribution in [0.15, 0.2) is 18.2 Å². The maximum Gasteiger partial charge on any atom is 0.317 e. The molecule has 1 N–H and O–H groups in total. The number of carboxylic acid groups (broad SMARTS) is 1. The fraction of sp³-hybridized carbons (Fsp3) is 0.588. The van der Waals surface area contributed by atoms with Gasteiger partial charge in [0, 0.05) is 36.8 Å². The normalized spacial score (nSPS) is 18.3. The summed E-state index contributed by atoms with van der Waals surface area (Å²) in [5.74, 6) is -1.89. The first-order chi connectivity index (χ1) is 10.9. The van der Waals surface area contributed by atoms with Crippen molar-refractivity contribution in [1.82, 2.24) is 9.80 Å². The van der Waals surface area contributed by atoms with Crippen LogP contribution in [-0.2, 0) is 4.79 Å². The molecular formula is C17H24F2N2O2. The number of likely N-dealkylation sites (N-methyl/N-ethyl adjacent to an activating group) is 1. The minimum absolute atomic E-state index is 0.0588. The first-order valence-corrected chi connectivity index (χ1v) is 8.07. The van der Waals surface area contributed by atoms with Gasteiger partial charge in [-0.25, -0.2) is 8.78 Å². The molecule has 4 nitrogen and oxygen atoms in total. The Morgan fingerprint density at radius 1 is 1.39 bits per heavy atom. The molecule has 1 unspecified atom stereocenters. The van der Waals surface area contributed by atoms with E-state index >= 15 is 0 Å². The quantitative estimate of drug-likeness (QED) is 0.873. The van der Waals surface area contributed by atoms with Crippen LogP contribution in [0.5, 0.6) is 0 Å². The van der Waals surface area contributed by atoms with E-state index in [0.717, 1.165) is 32.0 Å². The second kappa shape index (κ2) is 7.84. The highest BCUT2D eigenvalue weighted by atomic mass is 19.1. The second-order valence-corrected chi connectivity index (χ2v) is 6.07. The van der Waals surface area contributed by atoms with Crippen LogP contribution in [0.4, 0.5) is 8.78 Å². The van der Waals surface area contributed by atoms with Gasteiger partial charge in [-0.1, -0.05) is 13.0 Å². The van der Waals surface area contributed by atoms with E-state index in [2.05, 4.69) is 4.90 Å². The van der Waals surface area contributed by atoms with Crippen molar-refractivity contribution in [2.45, 2.75) is 38.8 Å². The van der Waals surface area contributed by atoms with Crippen LogP contribution < -0.4 is 0 Å². The van der Waals surface area contributed by atoms with Crippen molar-refractivity contribution < 1.29 is 18.7 Å². The van der Waals surface area contributed by atoms with Gasteiger partial charge in [0.25, 0.3) is 0 Å². The van der Waals surface area contributed by atoms with Crippen LogP contribution in [0.3, 0.4) is 0 Å². The largest absolute Gasteiger partial charge is 0.480 e. The van der Waals surface area contributed by atoms with Gasteiger partial charge in [-0.2, -0.15) is 0 Å². The van der Waals surface area contributed by atoms with Crippen LogP contribution in [-0.4, -0.2) is 53.1 Å². The predicted molar refractivity (Wildman–Crippen MR) is 84.3 cm³/mol. The van der Waals surface area contributed by atoms with E-state index in [1.54, 1.807) is 0 Å². The third-order valence-corrected chi connectivity index (χ3v) is 4.72. The number of carboxylic acids is 1. The SMILES string of the molecule is CCN(CC(=O)O)C1CCN(C(C)c2ccc(F)cc2F)CC1. The summed E-state index contributed by atoms with van der Waals surface area (Å²) in [6.45, 7) is 6.21. The molecule has 0 bridgehead atoms. The van der Waals surface area contributed by atoms with Crippen molar-refractivity contribution in [1.29, 1.82) is 0 Å². The van der Waals surface area contributed by atoms with Gasteiger partial charge in [-0.15, -0.1) is 0 Å². The maximum atomic E-state index is 13.9. The van der Waals surface area contributed by atoms with Gasteiger partial charge in [-0.05, 0) is 32.4 Å². The summed E-state index contributed by atoms with van der Waals surface area (Å²) < 4.78 is 26.9. The Kier molecular flexibility index (Phi) is 6.07. The summed E-state index contributed by atoms with van der Waals surface area (Å²) in [6.07, 6.45) is 1.71. The van der Waals surface area contributed by atoms with Gasteiger partial charge in [0.2, 0.25) is 0 Å². The number of nitrogens with zero attached hydrogens (tertiary/aromatic N) is 2. The second-order valence-electron chi connectivity index (χ2n) is 6.07. The van der Waals surface area contributed by atoms with Crippen LogP contribution in [0.1, 0.15) is 38.3 Å². The van der Waals surface area contributed by atoms with Crippen molar-refractivity contribution in [2.75, 3.05) is 26.2 Å². The summed E-state index contributed by atoms with van der Waals surface area (Å²) >= 11 is 0. The fourth-order valence-corrected chi connectivity index (χ4v) is 3.35. The average molecular weight is 326 g/mol. The molecule has 6 heteroatoms. The zero-order chi connectivity index (χ0) is 17.0. The lowest BCUT2D eigenvalue weighted by molar-refractivity contribution is -0.139. The van der Waals surface area contributed by atoms with Crippen LogP contribution in [0.2, 0.25) is 0 Å². The van der Waals surface area contributed by atoms with Crippen LogP contribution >= 0.6 is 0 Å². The lowest BCUT2D eigenvalue weighted by atomic mass is 9.98. The van der Waals surface area contributed by atoms with E-state index < -0.39 is 17.6 Å². The molecule has 0 radical (unpaired) electrons. The summed E-state index contributed by atoms with van der Waals surface area (Å²) in [5, 5.41) is 8.96. The third kappa shape index (κ3) is 4.48. The highest BCUT2D eigenvalue weighted by molar-refractivity contribution is 5.69. The molecule has 1 aliphatic heterocycles. The Hall–Kier alpha value is -1.53. The zero-order valence-corrected chi connectivity index (χ0v) is 13.6. The minimum atomic E-state index is -0.809. The number of hydrogen-bond acceptors (Lipinski definition) is 3. The van der Waals surface area contributed by atoms with Gasteiger partial charge < -0.3 is 5.11 Å². The number of hydrogen-bond donors (Lipinski definition) is 1. The summed E-state index contributed by atoms with van der Waals surface area (Å²) in [6, 6.07) is 3.84. The Bertz CT molecular complexity index is 545. The summed E-state index contributed by atoms with van der Waals surface area (Å²) in [5.41, 5.74) is 0.503. The van der Waals surface area contributed by atoms with Gasteiger partial charge >= 0.3 is 5.97 Å². The van der Waals surface area contributed by atoms with Crippen molar-refractivity contribution in [2.24, 2.45) is 0 Å². The molecule has 0 amide bonds. The summed E-state index contributed by atoms with van der Waals surface area (Å²) in [7, 11) is 0. The smallest absolute Gasteiger partial charge is 0.317 e. The number of carbonyl (C=O) groups is 1. The highest BCUT2D eigenvalue weighted by Crippen LogP contribution is 2.27. The highest BCUT2D eigenvalue weighted by Gasteiger charge is 2.28. The molecule has 1 saturated heterocycles. The van der Waals surface area contributed by atoms with Crippen molar-refractivity contribution in [3.05, 3.63) is 35.4 Å². The number of rotatable bonds is 6. The number of aliphatic carboxylic acids is 1. The average Bonchev–Trinajstić information content (AvgIpc) is 2.52. The molecule has 1 atom stereocenters. The molecule has 1 heterocycles. The van der Waals surface area contributed by atoms with E-state index in [1.807, 2.05) is 18.7 Å². The van der Waals surface area contributed by atoms with Crippen molar-refractivity contribution in [3.8, 4) is 0 Å². The molecule has 2 rings (SSSR count). The van der Waals surface area contributed by atoms with E-state index in [0.29, 0.717) is 12.1 Å². The Labute approximate surface area is 135 Å². The minimum Gasteiger partial charge on any atom is -0.480 e. The third-order valence-electron chi connectivity index (χ3n) is 4.72. The molecule has 1 aliphatic rings. The predicted octanol–water partition coefficient (Wildman–Crippen LogP) is 2.90. The van der Waals surface area contributed by atoms with E-state index in [-0.39, 0.29) is 18.6 Å². The number of benzene rings is 1. The van der Waals surface area contributed by atoms with Crippen molar-refractivity contribution in [3.63, 3.8) is 0 Å². The molecule has 0 saturated carbocycles. The number of piperidine rings is 1.